The first-order valence-electron chi connectivity index (χ1n) is 6.52. The van der Waals surface area contributed by atoms with E-state index in [0.29, 0.717) is 11.1 Å². The molecule has 0 bridgehead atoms. The van der Waals surface area contributed by atoms with Crippen LogP contribution in [0.5, 0.6) is 0 Å². The van der Waals surface area contributed by atoms with E-state index in [9.17, 15) is 15.4 Å². The molecule has 0 aliphatic heterocycles. The van der Waals surface area contributed by atoms with Gasteiger partial charge < -0.3 is 0 Å². The minimum absolute atomic E-state index is 0.0150. The molecule has 4 nitrogen and oxygen atoms in total. The predicted octanol–water partition coefficient (Wildman–Crippen LogP) is 4.87. The van der Waals surface area contributed by atoms with Gasteiger partial charge in [-0.25, -0.2) is 0 Å². The number of hydrogen-bond acceptors (Lipinski definition) is 4. The van der Waals surface area contributed by atoms with Crippen molar-refractivity contribution >= 4 is 38.8 Å². The lowest BCUT2D eigenvalue weighted by Gasteiger charge is -1.99. The van der Waals surface area contributed by atoms with Crippen molar-refractivity contribution in [3.8, 4) is 6.07 Å². The van der Waals surface area contributed by atoms with Crippen LogP contribution in [0.25, 0.3) is 21.7 Å². The van der Waals surface area contributed by atoms with Gasteiger partial charge in [0.15, 0.2) is 0 Å². The lowest BCUT2D eigenvalue weighted by molar-refractivity contribution is -0.384. The second-order valence-electron chi connectivity index (χ2n) is 4.67. The van der Waals surface area contributed by atoms with Crippen LogP contribution in [0.15, 0.2) is 53.9 Å². The quantitative estimate of drug-likeness (QED) is 0.393. The molecule has 0 spiro atoms. The Morgan fingerprint density at radius 1 is 1.23 bits per heavy atom. The van der Waals surface area contributed by atoms with Crippen molar-refractivity contribution in [2.75, 3.05) is 0 Å². The molecule has 3 rings (SSSR count). The van der Waals surface area contributed by atoms with Crippen molar-refractivity contribution in [2.45, 2.75) is 0 Å². The average Bonchev–Trinajstić information content (AvgIpc) is 2.97. The number of nitro benzene ring substituents is 1. The molecule has 0 radical (unpaired) electrons. The maximum Gasteiger partial charge on any atom is 0.270 e. The maximum absolute atomic E-state index is 10.8. The molecule has 0 aliphatic rings. The predicted molar refractivity (Wildman–Crippen MR) is 88.4 cm³/mol. The fourth-order valence-electron chi connectivity index (χ4n) is 2.25. The SMILES string of the molecule is N#C/C(=C\c1cccc([N+](=O)[O-])c1)c1csc2ccccc12. The summed E-state index contributed by atoms with van der Waals surface area (Å²) in [5.74, 6) is 0. The third-order valence-electron chi connectivity index (χ3n) is 3.28. The molecule has 3 aromatic rings. The highest BCUT2D eigenvalue weighted by Crippen LogP contribution is 2.31. The highest BCUT2D eigenvalue weighted by Gasteiger charge is 2.10. The van der Waals surface area contributed by atoms with E-state index in [2.05, 4.69) is 6.07 Å². The minimum atomic E-state index is -0.441. The van der Waals surface area contributed by atoms with Gasteiger partial charge in [-0.05, 0) is 17.7 Å². The first-order chi connectivity index (χ1) is 10.7. The fourth-order valence-corrected chi connectivity index (χ4v) is 3.21. The lowest BCUT2D eigenvalue weighted by Crippen LogP contribution is -1.88. The van der Waals surface area contributed by atoms with Crippen LogP contribution in [0.3, 0.4) is 0 Å². The Morgan fingerprint density at radius 3 is 2.82 bits per heavy atom. The fraction of sp³-hybridized carbons (Fsp3) is 0. The van der Waals surface area contributed by atoms with E-state index in [1.54, 1.807) is 29.5 Å². The number of hydrogen-bond donors (Lipinski definition) is 0. The molecular weight excluding hydrogens is 296 g/mol. The van der Waals surface area contributed by atoms with E-state index in [0.717, 1.165) is 15.6 Å². The Labute approximate surface area is 130 Å². The number of nitro groups is 1. The van der Waals surface area contributed by atoms with Gasteiger partial charge in [0.25, 0.3) is 5.69 Å². The summed E-state index contributed by atoms with van der Waals surface area (Å²) in [5.41, 5.74) is 2.01. The molecule has 0 saturated heterocycles. The Morgan fingerprint density at radius 2 is 2.05 bits per heavy atom. The van der Waals surface area contributed by atoms with Crippen LogP contribution in [-0.4, -0.2) is 4.92 Å². The molecule has 1 heterocycles. The molecule has 0 N–H and O–H groups in total. The molecule has 0 amide bonds. The second kappa shape index (κ2) is 5.80. The van der Waals surface area contributed by atoms with Gasteiger partial charge in [-0.3, -0.25) is 10.1 Å². The van der Waals surface area contributed by atoms with Crippen LogP contribution in [-0.2, 0) is 0 Å². The Bertz CT molecular complexity index is 935. The normalized spacial score (nSPS) is 11.3. The van der Waals surface area contributed by atoms with Gasteiger partial charge in [0.05, 0.1) is 16.6 Å². The lowest BCUT2D eigenvalue weighted by atomic mass is 10.0. The van der Waals surface area contributed by atoms with Crippen molar-refractivity contribution in [3.63, 3.8) is 0 Å². The summed E-state index contributed by atoms with van der Waals surface area (Å²) in [7, 11) is 0. The highest BCUT2D eigenvalue weighted by molar-refractivity contribution is 7.17. The van der Waals surface area contributed by atoms with Gasteiger partial charge >= 0.3 is 0 Å². The number of allylic oxidation sites excluding steroid dienone is 1. The van der Waals surface area contributed by atoms with E-state index in [-0.39, 0.29) is 5.69 Å². The van der Waals surface area contributed by atoms with Crippen LogP contribution in [0, 0.1) is 21.4 Å². The smallest absolute Gasteiger partial charge is 0.258 e. The van der Waals surface area contributed by atoms with Crippen molar-refractivity contribution < 1.29 is 4.92 Å². The van der Waals surface area contributed by atoms with Crippen molar-refractivity contribution in [1.29, 1.82) is 5.26 Å². The number of non-ortho nitro benzene ring substituents is 1. The van der Waals surface area contributed by atoms with E-state index in [1.807, 2.05) is 29.6 Å². The molecule has 2 aromatic carbocycles. The van der Waals surface area contributed by atoms with Crippen molar-refractivity contribution in [3.05, 3.63) is 75.2 Å². The molecule has 106 valence electrons. The van der Waals surface area contributed by atoms with E-state index >= 15 is 0 Å². The zero-order valence-electron chi connectivity index (χ0n) is 11.4. The number of rotatable bonds is 3. The molecule has 0 fully saturated rings. The average molecular weight is 306 g/mol. The van der Waals surface area contributed by atoms with Crippen LogP contribution < -0.4 is 0 Å². The van der Waals surface area contributed by atoms with Gasteiger partial charge in [0.1, 0.15) is 0 Å². The summed E-state index contributed by atoms with van der Waals surface area (Å²) in [4.78, 5) is 10.4. The minimum Gasteiger partial charge on any atom is -0.258 e. The summed E-state index contributed by atoms with van der Waals surface area (Å²) in [6, 6.07) is 16.3. The van der Waals surface area contributed by atoms with Gasteiger partial charge in [-0.2, -0.15) is 5.26 Å². The summed E-state index contributed by atoms with van der Waals surface area (Å²) in [6.45, 7) is 0. The topological polar surface area (TPSA) is 66.9 Å². The van der Waals surface area contributed by atoms with Gasteiger partial charge in [0.2, 0.25) is 0 Å². The first-order valence-corrected chi connectivity index (χ1v) is 7.40. The number of thiophene rings is 1. The summed E-state index contributed by atoms with van der Waals surface area (Å²) in [5, 5.41) is 23.2. The first kappa shape index (κ1) is 14.0. The molecule has 0 unspecified atom stereocenters. The van der Waals surface area contributed by atoms with Crippen LogP contribution in [0.2, 0.25) is 0 Å². The zero-order chi connectivity index (χ0) is 15.5. The summed E-state index contributed by atoms with van der Waals surface area (Å²) in [6.07, 6.45) is 1.68. The molecule has 5 heteroatoms. The van der Waals surface area contributed by atoms with Gasteiger partial charge in [-0.15, -0.1) is 11.3 Å². The van der Waals surface area contributed by atoms with E-state index < -0.39 is 4.92 Å². The Kier molecular flexibility index (Phi) is 3.69. The number of nitrogens with zero attached hydrogens (tertiary/aromatic N) is 2. The van der Waals surface area contributed by atoms with E-state index in [1.165, 1.54) is 12.1 Å². The van der Waals surface area contributed by atoms with E-state index in [4.69, 9.17) is 0 Å². The van der Waals surface area contributed by atoms with Crippen molar-refractivity contribution in [2.24, 2.45) is 0 Å². The van der Waals surface area contributed by atoms with Crippen LogP contribution in [0.4, 0.5) is 5.69 Å². The van der Waals surface area contributed by atoms with Crippen LogP contribution in [0.1, 0.15) is 11.1 Å². The molecule has 0 atom stereocenters. The molecule has 22 heavy (non-hydrogen) atoms. The number of fused-ring (bicyclic) bond motifs is 1. The standard InChI is InChI=1S/C17H10N2O2S/c18-10-13(8-12-4-3-5-14(9-12)19(20)21)16-11-22-17-7-2-1-6-15(16)17/h1-9,11H/b13-8+. The van der Waals surface area contributed by atoms with Crippen molar-refractivity contribution in [1.82, 2.24) is 0 Å². The molecular formula is C17H10N2O2S. The second-order valence-corrected chi connectivity index (χ2v) is 5.58. The largest absolute Gasteiger partial charge is 0.270 e. The summed E-state index contributed by atoms with van der Waals surface area (Å²) >= 11 is 1.58. The maximum atomic E-state index is 10.8. The zero-order valence-corrected chi connectivity index (χ0v) is 12.2. The number of nitriles is 1. The summed E-state index contributed by atoms with van der Waals surface area (Å²) < 4.78 is 1.11. The number of benzene rings is 2. The molecule has 1 aromatic heterocycles. The van der Waals surface area contributed by atoms with Crippen LogP contribution >= 0.6 is 11.3 Å². The third kappa shape index (κ3) is 2.60. The highest BCUT2D eigenvalue weighted by atomic mass is 32.1. The molecule has 0 saturated carbocycles. The molecule has 0 aliphatic carbocycles. The van der Waals surface area contributed by atoms with Gasteiger partial charge in [-0.1, -0.05) is 30.3 Å². The third-order valence-corrected chi connectivity index (χ3v) is 4.25. The van der Waals surface area contributed by atoms with Gasteiger partial charge in [0, 0.05) is 33.2 Å². The monoisotopic (exact) mass is 306 g/mol. The Balaban J connectivity index is 2.10. The Hall–Kier alpha value is -2.97.